The molecule has 0 N–H and O–H groups in total. The highest BCUT2D eigenvalue weighted by Crippen LogP contribution is 2.38. The number of hydrogen-bond acceptors (Lipinski definition) is 1. The molecule has 1 heteroatoms. The third-order valence-electron chi connectivity index (χ3n) is 4.09. The second-order valence-corrected chi connectivity index (χ2v) is 5.22. The van der Waals surface area contributed by atoms with Gasteiger partial charge < -0.3 is 4.90 Å². The van der Waals surface area contributed by atoms with Crippen LogP contribution < -0.4 is 0 Å². The number of allylic oxidation sites excluding steroid dienone is 1. The lowest BCUT2D eigenvalue weighted by Gasteiger charge is -2.46. The molecule has 3 aliphatic heterocycles. The third-order valence-corrected chi connectivity index (χ3v) is 4.09. The van der Waals surface area contributed by atoms with E-state index in [-0.39, 0.29) is 0 Å². The van der Waals surface area contributed by atoms with E-state index >= 15 is 0 Å². The van der Waals surface area contributed by atoms with E-state index in [1.807, 2.05) is 0 Å². The second-order valence-electron chi connectivity index (χ2n) is 5.22. The Balaban J connectivity index is 1.84. The highest BCUT2D eigenvalue weighted by molar-refractivity contribution is 5.52. The highest BCUT2D eigenvalue weighted by atomic mass is 15.2. The van der Waals surface area contributed by atoms with E-state index in [1.165, 1.54) is 31.5 Å². The lowest BCUT2D eigenvalue weighted by molar-refractivity contribution is 0.104. The first-order chi connectivity index (χ1) is 7.83. The van der Waals surface area contributed by atoms with E-state index in [2.05, 4.69) is 48.2 Å². The topological polar surface area (TPSA) is 3.24 Å². The summed E-state index contributed by atoms with van der Waals surface area (Å²) < 4.78 is 0. The van der Waals surface area contributed by atoms with Crippen molar-refractivity contribution in [2.75, 3.05) is 13.1 Å². The van der Waals surface area contributed by atoms with Crippen LogP contribution >= 0.6 is 0 Å². The minimum Gasteiger partial charge on any atom is -0.375 e. The molecule has 0 amide bonds. The van der Waals surface area contributed by atoms with E-state index in [4.69, 9.17) is 0 Å². The Kier molecular flexibility index (Phi) is 2.47. The summed E-state index contributed by atoms with van der Waals surface area (Å²) >= 11 is 0. The number of piperidine rings is 3. The number of hydrogen-bond donors (Lipinski definition) is 0. The van der Waals surface area contributed by atoms with Crippen LogP contribution in [0.1, 0.15) is 25.3 Å². The molecule has 0 radical (unpaired) electrons. The minimum atomic E-state index is 0.890. The van der Waals surface area contributed by atoms with Crippen molar-refractivity contribution in [2.24, 2.45) is 11.8 Å². The predicted molar refractivity (Wildman–Crippen MR) is 67.9 cm³/mol. The first-order valence-electron chi connectivity index (χ1n) is 6.33. The maximum atomic E-state index is 2.58. The first-order valence-corrected chi connectivity index (χ1v) is 6.33. The molecule has 0 aromatic heterocycles. The molecule has 1 aromatic rings. The minimum absolute atomic E-state index is 0.890. The van der Waals surface area contributed by atoms with Gasteiger partial charge in [-0.05, 0) is 36.3 Å². The molecule has 3 aliphatic rings. The van der Waals surface area contributed by atoms with Gasteiger partial charge in [0, 0.05) is 18.8 Å². The van der Waals surface area contributed by atoms with E-state index < -0.39 is 0 Å². The molecule has 84 valence electrons. The van der Waals surface area contributed by atoms with Crippen molar-refractivity contribution < 1.29 is 0 Å². The molecule has 2 atom stereocenters. The molecule has 16 heavy (non-hydrogen) atoms. The first kappa shape index (κ1) is 9.95. The SMILES string of the molecule is CC1CN2CC[C@H]1C/C2=C/c1ccccc1. The Morgan fingerprint density at radius 2 is 2.06 bits per heavy atom. The van der Waals surface area contributed by atoms with E-state index in [0.29, 0.717) is 0 Å². The Morgan fingerprint density at radius 1 is 1.25 bits per heavy atom. The molecule has 0 spiro atoms. The number of benzene rings is 1. The lowest BCUT2D eigenvalue weighted by atomic mass is 9.78. The smallest absolute Gasteiger partial charge is 0.0203 e. The van der Waals surface area contributed by atoms with Crippen molar-refractivity contribution in [3.05, 3.63) is 41.6 Å². The molecule has 3 fully saturated rings. The van der Waals surface area contributed by atoms with Crippen LogP contribution in [0.4, 0.5) is 0 Å². The zero-order chi connectivity index (χ0) is 11.0. The largest absolute Gasteiger partial charge is 0.375 e. The summed E-state index contributed by atoms with van der Waals surface area (Å²) in [7, 11) is 0. The van der Waals surface area contributed by atoms with Gasteiger partial charge in [0.25, 0.3) is 0 Å². The van der Waals surface area contributed by atoms with Gasteiger partial charge in [-0.1, -0.05) is 37.3 Å². The monoisotopic (exact) mass is 213 g/mol. The van der Waals surface area contributed by atoms with Crippen molar-refractivity contribution >= 4 is 6.08 Å². The van der Waals surface area contributed by atoms with Crippen LogP contribution in [0, 0.1) is 11.8 Å². The predicted octanol–water partition coefficient (Wildman–Crippen LogP) is 3.39. The maximum absolute atomic E-state index is 2.58. The molecule has 1 nitrogen and oxygen atoms in total. The van der Waals surface area contributed by atoms with Gasteiger partial charge in [0.15, 0.2) is 0 Å². The van der Waals surface area contributed by atoms with Gasteiger partial charge in [0.05, 0.1) is 0 Å². The molecule has 0 aliphatic carbocycles. The summed E-state index contributed by atoms with van der Waals surface area (Å²) in [5, 5.41) is 0. The van der Waals surface area contributed by atoms with Gasteiger partial charge >= 0.3 is 0 Å². The van der Waals surface area contributed by atoms with E-state index in [1.54, 1.807) is 5.70 Å². The number of fused-ring (bicyclic) bond motifs is 3. The van der Waals surface area contributed by atoms with Gasteiger partial charge in [0.2, 0.25) is 0 Å². The number of rotatable bonds is 1. The normalized spacial score (nSPS) is 31.1. The Hall–Kier alpha value is -1.24. The van der Waals surface area contributed by atoms with Crippen molar-refractivity contribution in [3.8, 4) is 0 Å². The molecular formula is C15H19N. The fourth-order valence-electron chi connectivity index (χ4n) is 3.05. The molecule has 3 saturated heterocycles. The van der Waals surface area contributed by atoms with Crippen molar-refractivity contribution in [1.82, 2.24) is 4.90 Å². The van der Waals surface area contributed by atoms with E-state index in [9.17, 15) is 0 Å². The summed E-state index contributed by atoms with van der Waals surface area (Å²) in [5.74, 6) is 1.82. The van der Waals surface area contributed by atoms with Crippen molar-refractivity contribution in [2.45, 2.75) is 19.8 Å². The Labute approximate surface area is 97.8 Å². The van der Waals surface area contributed by atoms with Crippen LogP contribution in [-0.4, -0.2) is 18.0 Å². The van der Waals surface area contributed by atoms with Crippen LogP contribution in [0.15, 0.2) is 36.0 Å². The summed E-state index contributed by atoms with van der Waals surface area (Å²) in [5.41, 5.74) is 2.90. The average Bonchev–Trinajstić information content (AvgIpc) is 2.32. The highest BCUT2D eigenvalue weighted by Gasteiger charge is 2.33. The molecular weight excluding hydrogens is 194 g/mol. The van der Waals surface area contributed by atoms with Gasteiger partial charge in [-0.2, -0.15) is 0 Å². The van der Waals surface area contributed by atoms with E-state index in [0.717, 1.165) is 11.8 Å². The number of nitrogens with zero attached hydrogens (tertiary/aromatic N) is 1. The maximum Gasteiger partial charge on any atom is 0.0203 e. The molecule has 2 bridgehead atoms. The van der Waals surface area contributed by atoms with Crippen LogP contribution in [0.25, 0.3) is 6.08 Å². The average molecular weight is 213 g/mol. The summed E-state index contributed by atoms with van der Waals surface area (Å²) in [6, 6.07) is 10.7. The van der Waals surface area contributed by atoms with Crippen LogP contribution in [0.2, 0.25) is 0 Å². The van der Waals surface area contributed by atoms with Crippen molar-refractivity contribution in [3.63, 3.8) is 0 Å². The quantitative estimate of drug-likeness (QED) is 0.691. The zero-order valence-corrected chi connectivity index (χ0v) is 9.89. The lowest BCUT2D eigenvalue weighted by Crippen LogP contribution is -2.44. The second kappa shape index (κ2) is 3.97. The molecule has 1 aromatic carbocycles. The summed E-state index contributed by atoms with van der Waals surface area (Å²) in [4.78, 5) is 2.58. The van der Waals surface area contributed by atoms with Crippen LogP contribution in [-0.2, 0) is 0 Å². The van der Waals surface area contributed by atoms with Gasteiger partial charge in [-0.3, -0.25) is 0 Å². The summed E-state index contributed by atoms with van der Waals surface area (Å²) in [6.07, 6.45) is 5.06. The van der Waals surface area contributed by atoms with Gasteiger partial charge in [0.1, 0.15) is 0 Å². The standard InChI is InChI=1S/C15H19N/c1-12-11-16-8-7-14(12)10-15(16)9-13-5-3-2-4-6-13/h2-6,9,12,14H,7-8,10-11H2,1H3/b15-9-/t12?,14-/m0/s1. The molecule has 1 unspecified atom stereocenters. The fourth-order valence-corrected chi connectivity index (χ4v) is 3.05. The van der Waals surface area contributed by atoms with Crippen LogP contribution in [0.5, 0.6) is 0 Å². The Morgan fingerprint density at radius 3 is 2.69 bits per heavy atom. The summed E-state index contributed by atoms with van der Waals surface area (Å²) in [6.45, 7) is 4.94. The van der Waals surface area contributed by atoms with Crippen molar-refractivity contribution in [1.29, 1.82) is 0 Å². The Bertz CT molecular complexity index is 393. The van der Waals surface area contributed by atoms with Gasteiger partial charge in [-0.25, -0.2) is 0 Å². The fraction of sp³-hybridized carbons (Fsp3) is 0.467. The van der Waals surface area contributed by atoms with Crippen LogP contribution in [0.3, 0.4) is 0 Å². The molecule has 0 saturated carbocycles. The van der Waals surface area contributed by atoms with Gasteiger partial charge in [-0.15, -0.1) is 0 Å². The molecule has 3 heterocycles. The zero-order valence-electron chi connectivity index (χ0n) is 9.89. The third kappa shape index (κ3) is 1.75. The molecule has 4 rings (SSSR count).